The summed E-state index contributed by atoms with van der Waals surface area (Å²) in [6.07, 6.45) is -0.645. The molecule has 10 heteroatoms. The number of hydrogen-bond donors (Lipinski definition) is 3. The van der Waals surface area contributed by atoms with Gasteiger partial charge in [0, 0.05) is 26.3 Å². The summed E-state index contributed by atoms with van der Waals surface area (Å²) in [5, 5.41) is 7.40. The van der Waals surface area contributed by atoms with Gasteiger partial charge in [-0.1, -0.05) is 72.8 Å². The van der Waals surface area contributed by atoms with E-state index < -0.39 is 36.9 Å². The highest BCUT2D eigenvalue weighted by Gasteiger charge is 2.32. The number of amides is 4. The van der Waals surface area contributed by atoms with Crippen LogP contribution >= 0.6 is 0 Å². The van der Waals surface area contributed by atoms with Crippen molar-refractivity contribution >= 4 is 28.6 Å². The summed E-state index contributed by atoms with van der Waals surface area (Å²) in [5.74, 6) is -0.866. The molecule has 0 fully saturated rings. The monoisotopic (exact) mass is 564 g/mol. The number of urea groups is 1. The van der Waals surface area contributed by atoms with Crippen LogP contribution in [0.15, 0.2) is 72.8 Å². The minimum atomic E-state index is -0.876. The van der Waals surface area contributed by atoms with Crippen LogP contribution < -0.4 is 16.1 Å². The van der Waals surface area contributed by atoms with Gasteiger partial charge in [-0.3, -0.25) is 14.4 Å². The lowest BCUT2D eigenvalue weighted by molar-refractivity contribution is -0.179. The van der Waals surface area contributed by atoms with Crippen LogP contribution in [0.3, 0.4) is 0 Å². The Morgan fingerprint density at radius 3 is 2.22 bits per heavy atom. The second-order valence-electron chi connectivity index (χ2n) is 9.47. The van der Waals surface area contributed by atoms with Crippen LogP contribution in [0.5, 0.6) is 0 Å². The zero-order valence-corrected chi connectivity index (χ0v) is 24.1. The Hall–Kier alpha value is -3.99. The van der Waals surface area contributed by atoms with Gasteiger partial charge in [-0.25, -0.2) is 10.3 Å². The van der Waals surface area contributed by atoms with Gasteiger partial charge in [-0.05, 0) is 49.6 Å². The third-order valence-corrected chi connectivity index (χ3v) is 6.46. The van der Waals surface area contributed by atoms with Crippen molar-refractivity contribution in [2.45, 2.75) is 59.2 Å². The molecule has 2 unspecified atom stereocenters. The molecule has 2 atom stereocenters. The molecule has 0 saturated heterocycles. The highest BCUT2D eigenvalue weighted by molar-refractivity contribution is 5.89. The van der Waals surface area contributed by atoms with E-state index in [0.29, 0.717) is 19.8 Å². The Balaban J connectivity index is 1.63. The van der Waals surface area contributed by atoms with Gasteiger partial charge in [-0.15, -0.1) is 0 Å². The fourth-order valence-electron chi connectivity index (χ4n) is 4.41. The normalized spacial score (nSPS) is 12.5. The van der Waals surface area contributed by atoms with Gasteiger partial charge in [-0.2, -0.15) is 0 Å². The maximum absolute atomic E-state index is 13.8. The van der Waals surface area contributed by atoms with Gasteiger partial charge in [0.15, 0.2) is 12.9 Å². The van der Waals surface area contributed by atoms with Crippen LogP contribution in [0.25, 0.3) is 10.8 Å². The van der Waals surface area contributed by atoms with E-state index in [1.54, 1.807) is 11.8 Å². The van der Waals surface area contributed by atoms with Crippen molar-refractivity contribution in [3.05, 3.63) is 83.9 Å². The summed E-state index contributed by atoms with van der Waals surface area (Å²) in [6.45, 7) is 8.19. The maximum atomic E-state index is 13.8. The van der Waals surface area contributed by atoms with E-state index in [1.807, 2.05) is 93.6 Å². The van der Waals surface area contributed by atoms with Gasteiger partial charge in [0.25, 0.3) is 0 Å². The number of carbonyl (C=O) groups is 3. The van der Waals surface area contributed by atoms with Crippen LogP contribution in [0, 0.1) is 0 Å². The van der Waals surface area contributed by atoms with Crippen molar-refractivity contribution in [3.8, 4) is 0 Å². The van der Waals surface area contributed by atoms with Crippen molar-refractivity contribution in [2.24, 2.45) is 0 Å². The second kappa shape index (κ2) is 16.3. The third kappa shape index (κ3) is 9.56. The minimum Gasteiger partial charge on any atom is -0.351 e. The summed E-state index contributed by atoms with van der Waals surface area (Å²) in [6, 6.07) is 21.4. The number of benzene rings is 3. The molecule has 0 aromatic heterocycles. The molecular formula is C31H40N4O6. The topological polar surface area (TPSA) is 118 Å². The quantitative estimate of drug-likeness (QED) is 0.190. The van der Waals surface area contributed by atoms with Gasteiger partial charge >= 0.3 is 6.03 Å². The molecule has 0 bridgehead atoms. The fourth-order valence-corrected chi connectivity index (χ4v) is 4.41. The molecule has 10 nitrogen and oxygen atoms in total. The number of fused-ring (bicyclic) bond motifs is 1. The van der Waals surface area contributed by atoms with Crippen molar-refractivity contribution in [1.82, 2.24) is 21.0 Å². The molecule has 0 heterocycles. The van der Waals surface area contributed by atoms with Crippen LogP contribution in [-0.4, -0.2) is 60.9 Å². The van der Waals surface area contributed by atoms with Crippen molar-refractivity contribution in [1.29, 1.82) is 0 Å². The summed E-state index contributed by atoms with van der Waals surface area (Å²) in [7, 11) is 0. The number of hydroxylamine groups is 1. The largest absolute Gasteiger partial charge is 0.351 e. The molecule has 0 aliphatic heterocycles. The summed E-state index contributed by atoms with van der Waals surface area (Å²) < 4.78 is 11.6. The highest BCUT2D eigenvalue weighted by Crippen LogP contribution is 2.23. The Morgan fingerprint density at radius 2 is 1.51 bits per heavy atom. The standard InChI is InChI=1S/C31H40N4O6/c1-5-39-30(40-6-2)23(4)35(20-26-17-12-16-25-15-10-11-18-27(25)26)29(37)22(3)33-28(36)21-41-34-31(38)32-19-24-13-8-7-9-14-24/h7-18,22-23,30H,5-6,19-21H2,1-4H3,(H,33,36)(H2,32,34,38). The fraction of sp³-hybridized carbons (Fsp3) is 0.387. The number of ether oxygens (including phenoxy) is 2. The molecule has 41 heavy (non-hydrogen) atoms. The van der Waals surface area contributed by atoms with Crippen LogP contribution in [0.4, 0.5) is 4.79 Å². The molecular weight excluding hydrogens is 524 g/mol. The highest BCUT2D eigenvalue weighted by atomic mass is 16.7. The van der Waals surface area contributed by atoms with E-state index in [0.717, 1.165) is 21.9 Å². The van der Waals surface area contributed by atoms with E-state index >= 15 is 0 Å². The van der Waals surface area contributed by atoms with Crippen molar-refractivity contribution in [3.63, 3.8) is 0 Å². The van der Waals surface area contributed by atoms with Gasteiger partial charge in [0.1, 0.15) is 6.04 Å². The van der Waals surface area contributed by atoms with E-state index in [2.05, 4.69) is 16.1 Å². The summed E-state index contributed by atoms with van der Waals surface area (Å²) in [4.78, 5) is 45.0. The molecule has 3 aromatic carbocycles. The molecule has 0 aliphatic rings. The van der Waals surface area contributed by atoms with Crippen LogP contribution in [0.1, 0.15) is 38.8 Å². The number of rotatable bonds is 15. The Kier molecular flexibility index (Phi) is 12.6. The first-order valence-corrected chi connectivity index (χ1v) is 13.8. The zero-order valence-electron chi connectivity index (χ0n) is 24.1. The van der Waals surface area contributed by atoms with Crippen LogP contribution in [-0.2, 0) is 37.0 Å². The average Bonchev–Trinajstić information content (AvgIpc) is 2.98. The smallest absolute Gasteiger partial charge is 0.338 e. The molecule has 4 amide bonds. The van der Waals surface area contributed by atoms with E-state index in [1.165, 1.54) is 0 Å². The third-order valence-electron chi connectivity index (χ3n) is 6.46. The molecule has 0 saturated carbocycles. The van der Waals surface area contributed by atoms with Gasteiger partial charge in [0.2, 0.25) is 11.8 Å². The number of hydrogen-bond acceptors (Lipinski definition) is 6. The molecule has 0 radical (unpaired) electrons. The predicted molar refractivity (Wildman–Crippen MR) is 156 cm³/mol. The first kappa shape index (κ1) is 31.5. The van der Waals surface area contributed by atoms with E-state index in [4.69, 9.17) is 14.3 Å². The van der Waals surface area contributed by atoms with Crippen molar-refractivity contribution in [2.75, 3.05) is 19.8 Å². The van der Waals surface area contributed by atoms with Crippen molar-refractivity contribution < 1.29 is 28.7 Å². The molecule has 3 N–H and O–H groups in total. The first-order chi connectivity index (χ1) is 19.8. The SMILES string of the molecule is CCOC(OCC)C(C)N(Cc1cccc2ccccc12)C(=O)C(C)NC(=O)CONC(=O)NCc1ccccc1. The second-order valence-corrected chi connectivity index (χ2v) is 9.47. The van der Waals surface area contributed by atoms with E-state index in [9.17, 15) is 14.4 Å². The van der Waals surface area contributed by atoms with Gasteiger partial charge in [0.05, 0.1) is 6.04 Å². The first-order valence-electron chi connectivity index (χ1n) is 13.8. The Morgan fingerprint density at radius 1 is 0.854 bits per heavy atom. The minimum absolute atomic E-state index is 0.290. The lowest BCUT2D eigenvalue weighted by atomic mass is 10.0. The predicted octanol–water partition coefficient (Wildman–Crippen LogP) is 3.89. The maximum Gasteiger partial charge on any atom is 0.338 e. The Labute approximate surface area is 241 Å². The summed E-state index contributed by atoms with van der Waals surface area (Å²) in [5.41, 5.74) is 4.06. The zero-order chi connectivity index (χ0) is 29.6. The van der Waals surface area contributed by atoms with Gasteiger partial charge < -0.3 is 25.0 Å². The average molecular weight is 565 g/mol. The number of nitrogens with zero attached hydrogens (tertiary/aromatic N) is 1. The molecule has 3 aromatic rings. The van der Waals surface area contributed by atoms with E-state index in [-0.39, 0.29) is 12.5 Å². The molecule has 3 rings (SSSR count). The summed E-state index contributed by atoms with van der Waals surface area (Å²) >= 11 is 0. The number of nitrogens with one attached hydrogen (secondary N) is 3. The lowest BCUT2D eigenvalue weighted by Gasteiger charge is -2.36. The Bertz CT molecular complexity index is 1260. The van der Waals surface area contributed by atoms with Crippen LogP contribution in [0.2, 0.25) is 0 Å². The number of carbonyl (C=O) groups excluding carboxylic acids is 3. The molecule has 220 valence electrons. The lowest BCUT2D eigenvalue weighted by Crippen LogP contribution is -2.54. The molecule has 0 spiro atoms. The molecule has 0 aliphatic carbocycles.